The van der Waals surface area contributed by atoms with Gasteiger partial charge in [-0.3, -0.25) is 0 Å². The Morgan fingerprint density at radius 1 is 1.21 bits per heavy atom. The Hall–Kier alpha value is -3.47. The first-order valence-corrected chi connectivity index (χ1v) is 9.25. The molecule has 0 atom stereocenters. The van der Waals surface area contributed by atoms with Gasteiger partial charge < -0.3 is 9.67 Å². The number of hydrogen-bond acceptors (Lipinski definition) is 5. The zero-order valence-electron chi connectivity index (χ0n) is 16.2. The van der Waals surface area contributed by atoms with E-state index in [0.29, 0.717) is 34.6 Å². The largest absolute Gasteiger partial charge is 0.477 e. The van der Waals surface area contributed by atoms with Crippen molar-refractivity contribution in [3.05, 3.63) is 41.2 Å². The molecule has 28 heavy (non-hydrogen) atoms. The van der Waals surface area contributed by atoms with Gasteiger partial charge in [0, 0.05) is 30.4 Å². The lowest BCUT2D eigenvalue weighted by Gasteiger charge is -2.07. The molecule has 2 heterocycles. The van der Waals surface area contributed by atoms with Crippen LogP contribution < -0.4 is 0 Å². The molecule has 0 fully saturated rings. The van der Waals surface area contributed by atoms with Gasteiger partial charge in [-0.15, -0.1) is 5.10 Å². The molecule has 1 aromatic carbocycles. The first kappa shape index (κ1) is 19.3. The van der Waals surface area contributed by atoms with Gasteiger partial charge >= 0.3 is 5.97 Å². The Balaban J connectivity index is 2.07. The van der Waals surface area contributed by atoms with Crippen molar-refractivity contribution in [1.29, 1.82) is 5.26 Å². The zero-order valence-corrected chi connectivity index (χ0v) is 16.2. The fraction of sp³-hybridized carbons (Fsp3) is 0.350. The highest BCUT2D eigenvalue weighted by Crippen LogP contribution is 2.33. The highest BCUT2D eigenvalue weighted by atomic mass is 16.4. The maximum Gasteiger partial charge on any atom is 0.353 e. The van der Waals surface area contributed by atoms with E-state index in [1.807, 2.05) is 31.2 Å². The molecule has 0 bridgehead atoms. The number of hydrogen-bond donors (Lipinski definition) is 1. The molecule has 3 aromatic rings. The van der Waals surface area contributed by atoms with Crippen LogP contribution in [0.4, 0.5) is 0 Å². The Labute approximate surface area is 163 Å². The molecule has 1 N–H and O–H groups in total. The molecule has 0 radical (unpaired) electrons. The Morgan fingerprint density at radius 2 is 1.89 bits per heavy atom. The molecule has 0 unspecified atom stereocenters. The number of carbonyl (C=O) groups is 1. The van der Waals surface area contributed by atoms with Crippen LogP contribution in [0.1, 0.15) is 48.4 Å². The Kier molecular flexibility index (Phi) is 5.54. The van der Waals surface area contributed by atoms with E-state index in [-0.39, 0.29) is 5.69 Å². The minimum Gasteiger partial charge on any atom is -0.477 e. The fourth-order valence-corrected chi connectivity index (χ4v) is 3.45. The van der Waals surface area contributed by atoms with Crippen molar-refractivity contribution >= 4 is 5.97 Å². The quantitative estimate of drug-likeness (QED) is 0.675. The van der Waals surface area contributed by atoms with Gasteiger partial charge in [-0.05, 0) is 28.8 Å². The molecule has 2 aromatic heterocycles. The second-order valence-corrected chi connectivity index (χ2v) is 6.53. The van der Waals surface area contributed by atoms with Crippen molar-refractivity contribution in [3.8, 4) is 28.6 Å². The smallest absolute Gasteiger partial charge is 0.353 e. The van der Waals surface area contributed by atoms with Crippen LogP contribution in [0.3, 0.4) is 0 Å². The molecule has 0 aliphatic heterocycles. The Bertz CT molecular complexity index is 1040. The summed E-state index contributed by atoms with van der Waals surface area (Å²) in [5, 5.41) is 31.2. The van der Waals surface area contributed by atoms with Gasteiger partial charge in [0.05, 0.1) is 5.56 Å². The molecule has 0 amide bonds. The number of rotatable bonds is 7. The van der Waals surface area contributed by atoms with Crippen molar-refractivity contribution < 1.29 is 9.90 Å². The highest BCUT2D eigenvalue weighted by molar-refractivity contribution is 5.97. The molecule has 0 spiro atoms. The van der Waals surface area contributed by atoms with Crippen molar-refractivity contribution in [2.75, 3.05) is 0 Å². The molecular formula is C20H22N6O2. The molecule has 3 rings (SSSR count). The number of aromatic nitrogens is 5. The lowest BCUT2D eigenvalue weighted by Crippen LogP contribution is -2.07. The minimum atomic E-state index is -1.05. The number of benzene rings is 1. The summed E-state index contributed by atoms with van der Waals surface area (Å²) < 4.78 is 3.36. The summed E-state index contributed by atoms with van der Waals surface area (Å²) in [4.78, 5) is 11.9. The average Bonchev–Trinajstić information content (AvgIpc) is 3.27. The van der Waals surface area contributed by atoms with Gasteiger partial charge in [-0.2, -0.15) is 5.26 Å². The molecule has 144 valence electrons. The number of aromatic carboxylic acids is 1. The molecule has 0 aliphatic rings. The third-order valence-electron chi connectivity index (χ3n) is 4.85. The highest BCUT2D eigenvalue weighted by Gasteiger charge is 2.25. The third kappa shape index (κ3) is 3.27. The Morgan fingerprint density at radius 3 is 2.46 bits per heavy atom. The van der Waals surface area contributed by atoms with Crippen LogP contribution in [0.15, 0.2) is 24.3 Å². The number of unbranched alkanes of at least 4 members (excludes halogenated alkanes) is 1. The van der Waals surface area contributed by atoms with Gasteiger partial charge in [-0.1, -0.05) is 44.5 Å². The van der Waals surface area contributed by atoms with Crippen LogP contribution >= 0.6 is 0 Å². The van der Waals surface area contributed by atoms with Gasteiger partial charge in [-0.25, -0.2) is 9.48 Å². The molecule has 0 aliphatic carbocycles. The molecule has 0 saturated heterocycles. The summed E-state index contributed by atoms with van der Waals surface area (Å²) >= 11 is 0. The van der Waals surface area contributed by atoms with Gasteiger partial charge in [0.2, 0.25) is 0 Å². The van der Waals surface area contributed by atoms with E-state index < -0.39 is 5.97 Å². The molecular weight excluding hydrogens is 356 g/mol. The summed E-state index contributed by atoms with van der Waals surface area (Å²) in [5.74, 6) is -0.387. The maximum absolute atomic E-state index is 11.9. The average molecular weight is 378 g/mol. The third-order valence-corrected chi connectivity index (χ3v) is 4.85. The van der Waals surface area contributed by atoms with Crippen molar-refractivity contribution in [2.45, 2.75) is 39.7 Å². The first-order chi connectivity index (χ1) is 13.5. The second kappa shape index (κ2) is 8.05. The topological polar surface area (TPSA) is 110 Å². The molecule has 8 heteroatoms. The van der Waals surface area contributed by atoms with Crippen LogP contribution in [0.5, 0.6) is 0 Å². The summed E-state index contributed by atoms with van der Waals surface area (Å²) in [5.41, 5.74) is 3.21. The summed E-state index contributed by atoms with van der Waals surface area (Å²) in [6, 6.07) is 9.53. The predicted octanol–water partition coefficient (Wildman–Crippen LogP) is 3.28. The van der Waals surface area contributed by atoms with Crippen molar-refractivity contribution in [1.82, 2.24) is 24.8 Å². The van der Waals surface area contributed by atoms with Gasteiger partial charge in [0.1, 0.15) is 11.8 Å². The second-order valence-electron chi connectivity index (χ2n) is 6.53. The van der Waals surface area contributed by atoms with Crippen LogP contribution in [-0.4, -0.2) is 35.9 Å². The normalized spacial score (nSPS) is 10.8. The summed E-state index contributed by atoms with van der Waals surface area (Å²) in [6.07, 6.45) is 2.60. The molecule has 0 saturated carbocycles. The van der Waals surface area contributed by atoms with Crippen molar-refractivity contribution in [3.63, 3.8) is 0 Å². The van der Waals surface area contributed by atoms with Crippen LogP contribution in [-0.2, 0) is 20.0 Å². The van der Waals surface area contributed by atoms with E-state index >= 15 is 0 Å². The van der Waals surface area contributed by atoms with Gasteiger partial charge in [0.25, 0.3) is 0 Å². The van der Waals surface area contributed by atoms with Crippen molar-refractivity contribution in [2.24, 2.45) is 7.05 Å². The van der Waals surface area contributed by atoms with E-state index in [4.69, 9.17) is 0 Å². The maximum atomic E-state index is 11.9. The number of carboxylic acids is 1. The zero-order chi connectivity index (χ0) is 20.3. The minimum absolute atomic E-state index is 0.119. The fourth-order valence-electron chi connectivity index (χ4n) is 3.45. The lowest BCUT2D eigenvalue weighted by atomic mass is 9.98. The van der Waals surface area contributed by atoms with E-state index in [1.165, 1.54) is 0 Å². The number of nitriles is 1. The van der Waals surface area contributed by atoms with Gasteiger partial charge in [0.15, 0.2) is 5.82 Å². The predicted molar refractivity (Wildman–Crippen MR) is 104 cm³/mol. The van der Waals surface area contributed by atoms with E-state index in [9.17, 15) is 15.2 Å². The standard InChI is InChI=1S/C20H22N6O2/c1-4-6-11-26-19(22-23-24-26)14-9-7-13(8-10-14)17-15(12-21)16(5-2)25(3)18(17)20(27)28/h7-10H,4-6,11H2,1-3H3,(H,27,28). The number of aryl methyl sites for hydroxylation is 1. The number of carboxylic acid groups (broad SMARTS) is 1. The van der Waals surface area contributed by atoms with E-state index in [0.717, 1.165) is 24.9 Å². The summed E-state index contributed by atoms with van der Waals surface area (Å²) in [7, 11) is 1.68. The summed E-state index contributed by atoms with van der Waals surface area (Å²) in [6.45, 7) is 4.75. The van der Waals surface area contributed by atoms with E-state index in [2.05, 4.69) is 28.5 Å². The SMILES string of the molecule is CCCCn1nnnc1-c1ccc(-c2c(C#N)c(CC)n(C)c2C(=O)O)cc1. The number of nitrogens with zero attached hydrogens (tertiary/aromatic N) is 6. The van der Waals surface area contributed by atoms with Crippen LogP contribution in [0.25, 0.3) is 22.5 Å². The number of tetrazole rings is 1. The van der Waals surface area contributed by atoms with E-state index in [1.54, 1.807) is 16.3 Å². The first-order valence-electron chi connectivity index (χ1n) is 9.25. The lowest BCUT2D eigenvalue weighted by molar-refractivity contribution is 0.0687. The monoisotopic (exact) mass is 378 g/mol. The van der Waals surface area contributed by atoms with Crippen LogP contribution in [0.2, 0.25) is 0 Å². The molecule has 8 nitrogen and oxygen atoms in total. The van der Waals surface area contributed by atoms with Crippen LogP contribution in [0, 0.1) is 11.3 Å².